The molecule has 0 spiro atoms. The Balaban J connectivity index is 1.45. The lowest BCUT2D eigenvalue weighted by molar-refractivity contribution is 0.139. The minimum absolute atomic E-state index is 0.149. The number of nitrogens with one attached hydrogen (secondary N) is 1. The Morgan fingerprint density at radius 1 is 1.29 bits per heavy atom. The number of ether oxygens (including phenoxy) is 1. The molecular formula is C16H15BrN2O2. The molecule has 1 saturated carbocycles. The fraction of sp³-hybridized carbons (Fsp3) is 0.250. The summed E-state index contributed by atoms with van der Waals surface area (Å²) in [5.74, 6) is 0.342. The second kappa shape index (κ2) is 6.26. The minimum Gasteiger partial charge on any atom is -0.445 e. The van der Waals surface area contributed by atoms with Gasteiger partial charge in [-0.2, -0.15) is 0 Å². The molecule has 0 aliphatic heterocycles. The van der Waals surface area contributed by atoms with Gasteiger partial charge in [-0.1, -0.05) is 36.4 Å². The zero-order chi connectivity index (χ0) is 14.7. The van der Waals surface area contributed by atoms with E-state index in [1.807, 2.05) is 48.7 Å². The molecule has 1 aromatic heterocycles. The monoisotopic (exact) mass is 346 g/mol. The minimum atomic E-state index is -0.364. The summed E-state index contributed by atoms with van der Waals surface area (Å²) < 4.78 is 6.03. The van der Waals surface area contributed by atoms with E-state index in [4.69, 9.17) is 4.74 Å². The van der Waals surface area contributed by atoms with Gasteiger partial charge in [-0.05, 0) is 39.5 Å². The average Bonchev–Trinajstić information content (AvgIpc) is 3.26. The number of nitrogens with zero attached hydrogens (tertiary/aromatic N) is 1. The molecule has 1 aliphatic rings. The van der Waals surface area contributed by atoms with Gasteiger partial charge in [0.05, 0.1) is 0 Å². The van der Waals surface area contributed by atoms with Crippen LogP contribution < -0.4 is 5.32 Å². The van der Waals surface area contributed by atoms with Crippen molar-refractivity contribution in [1.82, 2.24) is 10.3 Å². The summed E-state index contributed by atoms with van der Waals surface area (Å²) >= 11 is 3.31. The number of halogens is 1. The number of carbonyl (C=O) groups is 1. The smallest absolute Gasteiger partial charge is 0.407 e. The zero-order valence-electron chi connectivity index (χ0n) is 11.3. The number of carbonyl (C=O) groups excluding carboxylic acids is 1. The van der Waals surface area contributed by atoms with Crippen LogP contribution in [0.15, 0.2) is 53.3 Å². The second-order valence-electron chi connectivity index (χ2n) is 5.07. The fourth-order valence-corrected chi connectivity index (χ4v) is 2.48. The van der Waals surface area contributed by atoms with Gasteiger partial charge in [0.1, 0.15) is 11.2 Å². The van der Waals surface area contributed by atoms with Crippen LogP contribution in [0.25, 0.3) is 0 Å². The summed E-state index contributed by atoms with van der Waals surface area (Å²) in [6.45, 7) is 0.296. The summed E-state index contributed by atoms with van der Waals surface area (Å²) in [6, 6.07) is 13.7. The maximum absolute atomic E-state index is 11.7. The SMILES string of the molecule is O=C(N[C@@H]1C[C@H]1c1ccc(Br)nc1)OCc1ccccc1. The summed E-state index contributed by atoms with van der Waals surface area (Å²) in [6.07, 6.45) is 2.41. The molecular weight excluding hydrogens is 332 g/mol. The van der Waals surface area contributed by atoms with Crippen LogP contribution in [0.4, 0.5) is 4.79 Å². The van der Waals surface area contributed by atoms with Crippen molar-refractivity contribution in [2.45, 2.75) is 25.0 Å². The quantitative estimate of drug-likeness (QED) is 0.860. The van der Waals surface area contributed by atoms with E-state index in [-0.39, 0.29) is 12.1 Å². The van der Waals surface area contributed by atoms with Crippen molar-refractivity contribution in [3.63, 3.8) is 0 Å². The molecule has 1 heterocycles. The van der Waals surface area contributed by atoms with E-state index in [1.165, 1.54) is 0 Å². The number of aromatic nitrogens is 1. The van der Waals surface area contributed by atoms with E-state index < -0.39 is 0 Å². The lowest BCUT2D eigenvalue weighted by Crippen LogP contribution is -2.27. The number of hydrogen-bond donors (Lipinski definition) is 1. The largest absolute Gasteiger partial charge is 0.445 e. The van der Waals surface area contributed by atoms with Crippen LogP contribution in [0.3, 0.4) is 0 Å². The second-order valence-corrected chi connectivity index (χ2v) is 5.88. The standard InChI is InChI=1S/C16H15BrN2O2/c17-15-7-6-12(9-18-15)13-8-14(13)19-16(20)21-10-11-4-2-1-3-5-11/h1-7,9,13-14H,8,10H2,(H,19,20)/t13-,14+/m0/s1. The highest BCUT2D eigenvalue weighted by Crippen LogP contribution is 2.40. The molecule has 1 amide bonds. The Kier molecular flexibility index (Phi) is 4.20. The predicted molar refractivity (Wildman–Crippen MR) is 82.8 cm³/mol. The average molecular weight is 347 g/mol. The van der Waals surface area contributed by atoms with E-state index in [1.54, 1.807) is 0 Å². The number of benzene rings is 1. The third-order valence-electron chi connectivity index (χ3n) is 3.48. The molecule has 1 aromatic carbocycles. The van der Waals surface area contributed by atoms with Gasteiger partial charge in [0.15, 0.2) is 0 Å². The molecule has 2 atom stereocenters. The molecule has 0 unspecified atom stereocenters. The molecule has 1 N–H and O–H groups in total. The molecule has 108 valence electrons. The van der Waals surface area contributed by atoms with Crippen molar-refractivity contribution in [1.29, 1.82) is 0 Å². The molecule has 21 heavy (non-hydrogen) atoms. The lowest BCUT2D eigenvalue weighted by Gasteiger charge is -2.07. The summed E-state index contributed by atoms with van der Waals surface area (Å²) in [5, 5.41) is 2.89. The Bertz CT molecular complexity index is 616. The first-order valence-corrected chi connectivity index (χ1v) is 7.60. The van der Waals surface area contributed by atoms with Crippen molar-refractivity contribution < 1.29 is 9.53 Å². The van der Waals surface area contributed by atoms with Crippen LogP contribution in [0.1, 0.15) is 23.5 Å². The molecule has 4 nitrogen and oxygen atoms in total. The molecule has 1 aliphatic carbocycles. The summed E-state index contributed by atoms with van der Waals surface area (Å²) in [4.78, 5) is 15.9. The summed E-state index contributed by atoms with van der Waals surface area (Å²) in [5.41, 5.74) is 2.13. The van der Waals surface area contributed by atoms with E-state index in [9.17, 15) is 4.79 Å². The number of hydrogen-bond acceptors (Lipinski definition) is 3. The first-order chi connectivity index (χ1) is 10.2. The van der Waals surface area contributed by atoms with Gasteiger partial charge in [-0.15, -0.1) is 0 Å². The Morgan fingerprint density at radius 3 is 2.81 bits per heavy atom. The van der Waals surface area contributed by atoms with Gasteiger partial charge in [0.2, 0.25) is 0 Å². The van der Waals surface area contributed by atoms with E-state index in [0.29, 0.717) is 12.5 Å². The molecule has 2 aromatic rings. The van der Waals surface area contributed by atoms with Crippen molar-refractivity contribution in [3.8, 4) is 0 Å². The number of pyridine rings is 1. The van der Waals surface area contributed by atoms with Crippen molar-refractivity contribution >= 4 is 22.0 Å². The highest BCUT2D eigenvalue weighted by molar-refractivity contribution is 9.10. The first-order valence-electron chi connectivity index (χ1n) is 6.81. The Morgan fingerprint density at radius 2 is 2.10 bits per heavy atom. The highest BCUT2D eigenvalue weighted by Gasteiger charge is 2.40. The van der Waals surface area contributed by atoms with Crippen molar-refractivity contribution in [3.05, 3.63) is 64.4 Å². The Hall–Kier alpha value is -1.88. The maximum atomic E-state index is 11.7. The number of rotatable bonds is 4. The van der Waals surface area contributed by atoms with Crippen LogP contribution in [0.5, 0.6) is 0 Å². The van der Waals surface area contributed by atoms with Gasteiger partial charge in [-0.3, -0.25) is 0 Å². The third kappa shape index (κ3) is 3.82. The van der Waals surface area contributed by atoms with Gasteiger partial charge >= 0.3 is 6.09 Å². The molecule has 0 saturated heterocycles. The normalized spacial score (nSPS) is 19.9. The fourth-order valence-electron chi connectivity index (χ4n) is 2.25. The van der Waals surface area contributed by atoms with Crippen LogP contribution in [-0.4, -0.2) is 17.1 Å². The van der Waals surface area contributed by atoms with Crippen molar-refractivity contribution in [2.75, 3.05) is 0 Å². The summed E-state index contributed by atoms with van der Waals surface area (Å²) in [7, 11) is 0. The third-order valence-corrected chi connectivity index (χ3v) is 3.95. The van der Waals surface area contributed by atoms with Crippen LogP contribution in [0, 0.1) is 0 Å². The van der Waals surface area contributed by atoms with Crippen LogP contribution >= 0.6 is 15.9 Å². The van der Waals surface area contributed by atoms with Gasteiger partial charge in [0, 0.05) is 18.2 Å². The van der Waals surface area contributed by atoms with Crippen LogP contribution in [-0.2, 0) is 11.3 Å². The van der Waals surface area contributed by atoms with Crippen LogP contribution in [0.2, 0.25) is 0 Å². The Labute approximate surface area is 131 Å². The predicted octanol–water partition coefficient (Wildman–Crippen LogP) is 3.63. The van der Waals surface area contributed by atoms with Gasteiger partial charge in [-0.25, -0.2) is 9.78 Å². The van der Waals surface area contributed by atoms with Crippen molar-refractivity contribution in [2.24, 2.45) is 0 Å². The topological polar surface area (TPSA) is 51.2 Å². The highest BCUT2D eigenvalue weighted by atomic mass is 79.9. The van der Waals surface area contributed by atoms with E-state index in [0.717, 1.165) is 22.2 Å². The molecule has 0 bridgehead atoms. The molecule has 5 heteroatoms. The van der Waals surface area contributed by atoms with E-state index >= 15 is 0 Å². The number of alkyl carbamates (subject to hydrolysis) is 1. The number of amides is 1. The van der Waals surface area contributed by atoms with E-state index in [2.05, 4.69) is 26.2 Å². The lowest BCUT2D eigenvalue weighted by atomic mass is 10.2. The first kappa shape index (κ1) is 14.1. The van der Waals surface area contributed by atoms with Gasteiger partial charge in [0.25, 0.3) is 0 Å². The zero-order valence-corrected chi connectivity index (χ0v) is 12.9. The molecule has 1 fully saturated rings. The van der Waals surface area contributed by atoms with Gasteiger partial charge < -0.3 is 10.1 Å². The maximum Gasteiger partial charge on any atom is 0.407 e. The molecule has 0 radical (unpaired) electrons. The molecule has 3 rings (SSSR count).